The molecule has 1 aliphatic carbocycles. The fourth-order valence-corrected chi connectivity index (χ4v) is 3.51. The smallest absolute Gasteiger partial charge is 0.123 e. The van der Waals surface area contributed by atoms with Crippen LogP contribution in [-0.2, 0) is 6.54 Å². The third kappa shape index (κ3) is 2.29. The highest BCUT2D eigenvalue weighted by molar-refractivity contribution is 5.17. The van der Waals surface area contributed by atoms with Gasteiger partial charge in [0.05, 0.1) is 0 Å². The highest BCUT2D eigenvalue weighted by Crippen LogP contribution is 2.36. The quantitative estimate of drug-likeness (QED) is 0.865. The normalized spacial score (nSPS) is 23.6. The van der Waals surface area contributed by atoms with Gasteiger partial charge in [-0.3, -0.25) is 4.90 Å². The van der Waals surface area contributed by atoms with Crippen molar-refractivity contribution in [1.29, 1.82) is 0 Å². The molecule has 0 amide bonds. The molecule has 2 aliphatic rings. The Morgan fingerprint density at radius 3 is 2.89 bits per heavy atom. The molecule has 1 aromatic rings. The Bertz CT molecular complexity index is 413. The Balaban J connectivity index is 1.77. The van der Waals surface area contributed by atoms with Crippen LogP contribution in [0.4, 0.5) is 4.39 Å². The summed E-state index contributed by atoms with van der Waals surface area (Å²) in [6.07, 6.45) is 5.24. The molecule has 0 unspecified atom stereocenters. The van der Waals surface area contributed by atoms with Crippen LogP contribution in [0.2, 0.25) is 0 Å². The van der Waals surface area contributed by atoms with Crippen LogP contribution in [0.1, 0.15) is 31.2 Å². The molecule has 1 saturated heterocycles. The average molecular weight is 248 g/mol. The van der Waals surface area contributed by atoms with Crippen molar-refractivity contribution in [3.05, 3.63) is 35.6 Å². The predicted octanol–water partition coefficient (Wildman–Crippen LogP) is 2.54. The van der Waals surface area contributed by atoms with Crippen molar-refractivity contribution in [2.75, 3.05) is 19.6 Å². The highest BCUT2D eigenvalue weighted by Gasteiger charge is 2.40. The second-order valence-electron chi connectivity index (χ2n) is 5.66. The lowest BCUT2D eigenvalue weighted by atomic mass is 9.92. The van der Waals surface area contributed by atoms with Crippen molar-refractivity contribution in [3.63, 3.8) is 0 Å². The van der Waals surface area contributed by atoms with Crippen LogP contribution in [0.3, 0.4) is 0 Å². The number of hydrogen-bond donors (Lipinski definition) is 1. The monoisotopic (exact) mass is 248 g/mol. The van der Waals surface area contributed by atoms with Gasteiger partial charge in [-0.2, -0.15) is 0 Å². The lowest BCUT2D eigenvalue weighted by Gasteiger charge is -2.45. The van der Waals surface area contributed by atoms with Gasteiger partial charge in [-0.1, -0.05) is 25.0 Å². The van der Waals surface area contributed by atoms with E-state index in [1.54, 1.807) is 6.07 Å². The maximum atomic E-state index is 13.3. The van der Waals surface area contributed by atoms with Crippen LogP contribution in [-0.4, -0.2) is 30.1 Å². The number of nitrogens with one attached hydrogen (secondary N) is 1. The lowest BCUT2D eigenvalue weighted by molar-refractivity contribution is 0.0572. The van der Waals surface area contributed by atoms with Gasteiger partial charge in [0.25, 0.3) is 0 Å². The van der Waals surface area contributed by atoms with E-state index in [0.29, 0.717) is 5.54 Å². The molecule has 1 aliphatic heterocycles. The van der Waals surface area contributed by atoms with E-state index in [9.17, 15) is 4.39 Å². The number of rotatable bonds is 2. The summed E-state index contributed by atoms with van der Waals surface area (Å²) < 4.78 is 13.3. The number of hydrogen-bond acceptors (Lipinski definition) is 2. The molecule has 0 radical (unpaired) electrons. The minimum Gasteiger partial charge on any atom is -0.314 e. The van der Waals surface area contributed by atoms with Gasteiger partial charge >= 0.3 is 0 Å². The molecule has 1 N–H and O–H groups in total. The standard InChI is InChI=1S/C15H21FN2/c16-14-5-3-4-13(10-14)11-18-9-8-17-12-15(18)6-1-2-7-15/h3-5,10,17H,1-2,6-9,11-12H2. The first-order chi connectivity index (χ1) is 8.78. The van der Waals surface area contributed by atoms with E-state index < -0.39 is 0 Å². The summed E-state index contributed by atoms with van der Waals surface area (Å²) >= 11 is 0. The Hall–Kier alpha value is -0.930. The lowest BCUT2D eigenvalue weighted by Crippen LogP contribution is -2.59. The maximum absolute atomic E-state index is 13.3. The van der Waals surface area contributed by atoms with Crippen molar-refractivity contribution < 1.29 is 4.39 Å². The largest absolute Gasteiger partial charge is 0.314 e. The molecular weight excluding hydrogens is 227 g/mol. The Labute approximate surface area is 108 Å². The molecule has 1 spiro atoms. The first-order valence-corrected chi connectivity index (χ1v) is 6.99. The molecule has 1 aromatic carbocycles. The number of halogens is 1. The molecule has 1 heterocycles. The molecule has 18 heavy (non-hydrogen) atoms. The van der Waals surface area contributed by atoms with Crippen LogP contribution in [0.15, 0.2) is 24.3 Å². The summed E-state index contributed by atoms with van der Waals surface area (Å²) in [7, 11) is 0. The number of nitrogens with zero attached hydrogens (tertiary/aromatic N) is 1. The summed E-state index contributed by atoms with van der Waals surface area (Å²) in [6, 6.07) is 7.04. The van der Waals surface area contributed by atoms with Gasteiger partial charge in [-0.05, 0) is 30.5 Å². The van der Waals surface area contributed by atoms with E-state index in [0.717, 1.165) is 31.7 Å². The van der Waals surface area contributed by atoms with Crippen LogP contribution in [0.5, 0.6) is 0 Å². The molecule has 98 valence electrons. The van der Waals surface area contributed by atoms with Gasteiger partial charge in [0.15, 0.2) is 0 Å². The van der Waals surface area contributed by atoms with E-state index in [-0.39, 0.29) is 5.82 Å². The first-order valence-electron chi connectivity index (χ1n) is 6.99. The summed E-state index contributed by atoms with van der Waals surface area (Å²) in [5.41, 5.74) is 1.44. The van der Waals surface area contributed by atoms with E-state index in [4.69, 9.17) is 0 Å². The van der Waals surface area contributed by atoms with Crippen LogP contribution in [0, 0.1) is 5.82 Å². The van der Waals surface area contributed by atoms with Crippen molar-refractivity contribution >= 4 is 0 Å². The number of benzene rings is 1. The molecule has 0 atom stereocenters. The molecule has 2 fully saturated rings. The van der Waals surface area contributed by atoms with Crippen molar-refractivity contribution in [2.24, 2.45) is 0 Å². The second-order valence-corrected chi connectivity index (χ2v) is 5.66. The van der Waals surface area contributed by atoms with Gasteiger partial charge in [0.2, 0.25) is 0 Å². The van der Waals surface area contributed by atoms with Crippen LogP contribution >= 0.6 is 0 Å². The maximum Gasteiger partial charge on any atom is 0.123 e. The van der Waals surface area contributed by atoms with E-state index in [1.807, 2.05) is 12.1 Å². The van der Waals surface area contributed by atoms with Crippen LogP contribution in [0.25, 0.3) is 0 Å². The summed E-state index contributed by atoms with van der Waals surface area (Å²) in [6.45, 7) is 4.12. The molecule has 2 nitrogen and oxygen atoms in total. The Morgan fingerprint density at radius 1 is 1.28 bits per heavy atom. The SMILES string of the molecule is Fc1cccc(CN2CCNCC23CCCC3)c1. The molecule has 1 saturated carbocycles. The van der Waals surface area contributed by atoms with Crippen LogP contribution < -0.4 is 5.32 Å². The molecular formula is C15H21FN2. The molecule has 3 heteroatoms. The topological polar surface area (TPSA) is 15.3 Å². The summed E-state index contributed by atoms with van der Waals surface area (Å²) in [4.78, 5) is 2.57. The van der Waals surface area contributed by atoms with E-state index in [1.165, 1.54) is 31.7 Å². The minimum atomic E-state index is -0.122. The third-order valence-electron chi connectivity index (χ3n) is 4.48. The summed E-state index contributed by atoms with van der Waals surface area (Å²) in [5, 5.41) is 3.53. The summed E-state index contributed by atoms with van der Waals surface area (Å²) in [5.74, 6) is -0.122. The van der Waals surface area contributed by atoms with Crippen molar-refractivity contribution in [3.8, 4) is 0 Å². The zero-order chi connectivity index (χ0) is 12.4. The third-order valence-corrected chi connectivity index (χ3v) is 4.48. The predicted molar refractivity (Wildman–Crippen MR) is 70.9 cm³/mol. The minimum absolute atomic E-state index is 0.122. The zero-order valence-electron chi connectivity index (χ0n) is 10.8. The Morgan fingerprint density at radius 2 is 2.11 bits per heavy atom. The fraction of sp³-hybridized carbons (Fsp3) is 0.600. The fourth-order valence-electron chi connectivity index (χ4n) is 3.51. The van der Waals surface area contributed by atoms with Gasteiger partial charge in [0.1, 0.15) is 5.82 Å². The van der Waals surface area contributed by atoms with Crippen molar-refractivity contribution in [2.45, 2.75) is 37.8 Å². The average Bonchev–Trinajstić information content (AvgIpc) is 2.82. The van der Waals surface area contributed by atoms with Gasteiger partial charge in [-0.25, -0.2) is 4.39 Å². The van der Waals surface area contributed by atoms with E-state index >= 15 is 0 Å². The van der Waals surface area contributed by atoms with Gasteiger partial charge in [-0.15, -0.1) is 0 Å². The van der Waals surface area contributed by atoms with E-state index in [2.05, 4.69) is 10.2 Å². The Kier molecular flexibility index (Phi) is 3.35. The van der Waals surface area contributed by atoms with Gasteiger partial charge in [0, 0.05) is 31.7 Å². The number of piperazine rings is 1. The second kappa shape index (κ2) is 4.98. The zero-order valence-corrected chi connectivity index (χ0v) is 10.8. The molecule has 3 rings (SSSR count). The molecule has 0 aromatic heterocycles. The molecule has 0 bridgehead atoms. The van der Waals surface area contributed by atoms with Gasteiger partial charge < -0.3 is 5.32 Å². The highest BCUT2D eigenvalue weighted by atomic mass is 19.1. The first kappa shape index (κ1) is 12.1. The van der Waals surface area contributed by atoms with Crippen molar-refractivity contribution in [1.82, 2.24) is 10.2 Å².